The summed E-state index contributed by atoms with van der Waals surface area (Å²) in [5, 5.41) is 4.35. The quantitative estimate of drug-likeness (QED) is 0.150. The van der Waals surface area contributed by atoms with E-state index in [9.17, 15) is 4.79 Å². The first-order chi connectivity index (χ1) is 25.0. The molecule has 4 nitrogen and oxygen atoms in total. The lowest BCUT2D eigenvalue weighted by Gasteiger charge is -2.33. The third kappa shape index (κ3) is 6.88. The molecule has 6 aromatic carbocycles. The molecule has 1 atom stereocenters. The molecule has 0 aliphatic carbocycles. The number of amides is 1. The first-order valence-electron chi connectivity index (χ1n) is 17.5. The van der Waals surface area contributed by atoms with Gasteiger partial charge in [-0.25, -0.2) is 0 Å². The molecule has 252 valence electrons. The molecule has 2 heterocycles. The lowest BCUT2D eigenvalue weighted by Crippen LogP contribution is -2.37. The second-order valence-corrected chi connectivity index (χ2v) is 14.1. The molecule has 0 spiro atoms. The topological polar surface area (TPSA) is 36.4 Å². The van der Waals surface area contributed by atoms with E-state index in [1.54, 1.807) is 0 Å². The molecule has 0 N–H and O–H groups in total. The fraction of sp³-hybridized carbons (Fsp3) is 0.156. The maximum absolute atomic E-state index is 14.5. The van der Waals surface area contributed by atoms with Gasteiger partial charge in [0.1, 0.15) is 0 Å². The summed E-state index contributed by atoms with van der Waals surface area (Å²) in [5.74, 6) is -0.0505. The summed E-state index contributed by atoms with van der Waals surface area (Å²) < 4.78 is 0. The molecular weight excluding hydrogens is 669 g/mol. The monoisotopic (exact) mass is 705 g/mol. The summed E-state index contributed by atoms with van der Waals surface area (Å²) in [5.41, 5.74) is 8.62. The number of carbonyl (C=O) groups is 1. The Kier molecular flexibility index (Phi) is 9.55. The highest BCUT2D eigenvalue weighted by Crippen LogP contribution is 2.37. The van der Waals surface area contributed by atoms with E-state index in [2.05, 4.69) is 89.8 Å². The summed E-state index contributed by atoms with van der Waals surface area (Å²) in [7, 11) is 0. The zero-order valence-electron chi connectivity index (χ0n) is 28.2. The highest BCUT2D eigenvalue weighted by Gasteiger charge is 2.28. The van der Waals surface area contributed by atoms with Crippen molar-refractivity contribution in [2.75, 3.05) is 24.5 Å². The summed E-state index contributed by atoms with van der Waals surface area (Å²) in [6.45, 7) is 3.04. The van der Waals surface area contributed by atoms with Crippen molar-refractivity contribution in [2.45, 2.75) is 25.3 Å². The van der Waals surface area contributed by atoms with E-state index in [1.807, 2.05) is 65.6 Å². The maximum Gasteiger partial charge on any atom is 0.258 e. The number of carbonyl (C=O) groups excluding carboxylic acids is 1. The summed E-state index contributed by atoms with van der Waals surface area (Å²) >= 11 is 13.1. The van der Waals surface area contributed by atoms with Crippen molar-refractivity contribution in [2.24, 2.45) is 0 Å². The second kappa shape index (κ2) is 14.7. The third-order valence-corrected chi connectivity index (χ3v) is 10.9. The van der Waals surface area contributed by atoms with Crippen molar-refractivity contribution in [3.63, 3.8) is 0 Å². The van der Waals surface area contributed by atoms with E-state index in [1.165, 1.54) is 27.8 Å². The van der Waals surface area contributed by atoms with Crippen molar-refractivity contribution in [3.8, 4) is 11.1 Å². The summed E-state index contributed by atoms with van der Waals surface area (Å²) in [6.07, 6.45) is 1.70. The minimum absolute atomic E-state index is 0.0175. The molecule has 0 saturated carbocycles. The molecule has 51 heavy (non-hydrogen) atoms. The number of fused-ring (bicyclic) bond motifs is 3. The lowest BCUT2D eigenvalue weighted by atomic mass is 9.90. The van der Waals surface area contributed by atoms with Gasteiger partial charge in [0.15, 0.2) is 0 Å². The van der Waals surface area contributed by atoms with Crippen LogP contribution in [0.25, 0.3) is 32.8 Å². The van der Waals surface area contributed by atoms with Gasteiger partial charge in [0.25, 0.3) is 5.91 Å². The molecular formula is C45H37Cl2N3O. The van der Waals surface area contributed by atoms with Crippen molar-refractivity contribution >= 4 is 56.5 Å². The number of hydrogen-bond donors (Lipinski definition) is 0. The molecule has 0 bridgehead atoms. The number of pyridine rings is 1. The molecule has 1 aromatic heterocycles. The van der Waals surface area contributed by atoms with Crippen LogP contribution in [-0.2, 0) is 13.0 Å². The van der Waals surface area contributed by atoms with Crippen molar-refractivity contribution < 1.29 is 4.79 Å². The Morgan fingerprint density at radius 3 is 2.25 bits per heavy atom. The Balaban J connectivity index is 1.15. The molecule has 1 unspecified atom stereocenters. The molecule has 0 radical (unpaired) electrons. The van der Waals surface area contributed by atoms with Gasteiger partial charge in [-0.3, -0.25) is 14.7 Å². The van der Waals surface area contributed by atoms with Crippen molar-refractivity contribution in [3.05, 3.63) is 178 Å². The number of anilines is 1. The van der Waals surface area contributed by atoms with Gasteiger partial charge in [0, 0.05) is 54.0 Å². The van der Waals surface area contributed by atoms with Gasteiger partial charge in [-0.15, -0.1) is 0 Å². The highest BCUT2D eigenvalue weighted by molar-refractivity contribution is 6.42. The van der Waals surface area contributed by atoms with Crippen molar-refractivity contribution in [1.82, 2.24) is 9.88 Å². The number of hydrogen-bond acceptors (Lipinski definition) is 3. The number of halogens is 2. The average Bonchev–Trinajstić information content (AvgIpc) is 3.18. The van der Waals surface area contributed by atoms with Crippen LogP contribution >= 0.6 is 23.2 Å². The molecule has 8 rings (SSSR count). The largest absolute Gasteiger partial charge is 0.307 e. The predicted molar refractivity (Wildman–Crippen MR) is 212 cm³/mol. The van der Waals surface area contributed by atoms with Crippen molar-refractivity contribution in [1.29, 1.82) is 0 Å². The Hall–Kier alpha value is -5.00. The van der Waals surface area contributed by atoms with Crippen LogP contribution in [0.2, 0.25) is 10.0 Å². The lowest BCUT2D eigenvalue weighted by molar-refractivity contribution is 0.0984. The fourth-order valence-corrected chi connectivity index (χ4v) is 7.84. The van der Waals surface area contributed by atoms with Gasteiger partial charge in [-0.1, -0.05) is 132 Å². The first-order valence-corrected chi connectivity index (χ1v) is 18.3. The summed E-state index contributed by atoms with van der Waals surface area (Å²) in [6, 6.07) is 49.1. The number of benzene rings is 6. The van der Waals surface area contributed by atoms with E-state index in [0.29, 0.717) is 22.2 Å². The maximum atomic E-state index is 14.5. The van der Waals surface area contributed by atoms with Crippen LogP contribution in [0.5, 0.6) is 0 Å². The third-order valence-electron chi connectivity index (χ3n) is 10.1. The van der Waals surface area contributed by atoms with Gasteiger partial charge < -0.3 is 4.90 Å². The number of rotatable bonds is 9. The van der Waals surface area contributed by atoms with Crippen LogP contribution in [0.3, 0.4) is 0 Å². The van der Waals surface area contributed by atoms with E-state index in [4.69, 9.17) is 28.2 Å². The smallest absolute Gasteiger partial charge is 0.258 e. The van der Waals surface area contributed by atoms with Crippen LogP contribution in [0, 0.1) is 0 Å². The minimum atomic E-state index is -0.0330. The van der Waals surface area contributed by atoms with Crippen LogP contribution in [0.15, 0.2) is 146 Å². The molecule has 1 aliphatic heterocycles. The van der Waals surface area contributed by atoms with E-state index < -0.39 is 0 Å². The standard InChI is InChI=1S/C45H37Cl2N3O/c46-39-23-22-34(28-40(39)47)35(29-50(45(51)33-15-5-2-6-16-33)43-21-11-17-31-12-7-8-18-36(31)43)24-26-49-27-25-42-38(30-49)44(32-13-3-1-4-14-32)37-19-9-10-20-41(37)48-42/h1-23,28,35H,24-27,29-30H2. The molecule has 0 saturated heterocycles. The Morgan fingerprint density at radius 1 is 0.745 bits per heavy atom. The molecule has 1 aliphatic rings. The second-order valence-electron chi connectivity index (χ2n) is 13.3. The molecule has 6 heteroatoms. The van der Waals surface area contributed by atoms with E-state index in [0.717, 1.165) is 60.0 Å². The summed E-state index contributed by atoms with van der Waals surface area (Å²) in [4.78, 5) is 24.1. The molecule has 0 fully saturated rings. The van der Waals surface area contributed by atoms with Gasteiger partial charge in [0.2, 0.25) is 0 Å². The van der Waals surface area contributed by atoms with E-state index in [-0.39, 0.29) is 11.8 Å². The Bertz CT molecular complexity index is 2340. The zero-order valence-corrected chi connectivity index (χ0v) is 29.7. The van der Waals surface area contributed by atoms with Crippen LogP contribution < -0.4 is 4.90 Å². The zero-order chi connectivity index (χ0) is 34.7. The predicted octanol–water partition coefficient (Wildman–Crippen LogP) is 11.2. The Morgan fingerprint density at radius 2 is 1.45 bits per heavy atom. The van der Waals surface area contributed by atoms with Gasteiger partial charge in [-0.05, 0) is 77.0 Å². The van der Waals surface area contributed by atoms with Gasteiger partial charge in [-0.2, -0.15) is 0 Å². The molecule has 7 aromatic rings. The normalized spacial score (nSPS) is 13.6. The average molecular weight is 707 g/mol. The van der Waals surface area contributed by atoms with Crippen LogP contribution in [-0.4, -0.2) is 35.4 Å². The Labute approximate surface area is 308 Å². The molecule has 1 amide bonds. The van der Waals surface area contributed by atoms with Crippen LogP contribution in [0.4, 0.5) is 5.69 Å². The first kappa shape index (κ1) is 33.2. The number of nitrogens with zero attached hydrogens (tertiary/aromatic N) is 3. The fourth-order valence-electron chi connectivity index (χ4n) is 7.53. The van der Waals surface area contributed by atoms with Gasteiger partial charge in [0.05, 0.1) is 21.2 Å². The number of para-hydroxylation sites is 1. The van der Waals surface area contributed by atoms with Gasteiger partial charge >= 0.3 is 0 Å². The minimum Gasteiger partial charge on any atom is -0.307 e. The highest BCUT2D eigenvalue weighted by atomic mass is 35.5. The van der Waals surface area contributed by atoms with E-state index >= 15 is 0 Å². The number of aromatic nitrogens is 1. The SMILES string of the molecule is O=C(c1ccccc1)N(CC(CCN1CCc2nc3ccccc3c(-c3ccccc3)c2C1)c1ccc(Cl)c(Cl)c1)c1cccc2ccccc12. The van der Waals surface area contributed by atoms with Crippen LogP contribution in [0.1, 0.15) is 39.5 Å².